The van der Waals surface area contributed by atoms with Crippen LogP contribution in [0.4, 0.5) is 14.6 Å². The molecule has 2 bridgehead atoms. The quantitative estimate of drug-likeness (QED) is 0.439. The molecule has 2 aliphatic rings. The number of phenolic OH excluding ortho intramolecular Hbond substituents is 1. The summed E-state index contributed by atoms with van der Waals surface area (Å²) < 4.78 is 29.6. The van der Waals surface area contributed by atoms with Gasteiger partial charge in [0, 0.05) is 24.2 Å². The molecule has 1 aromatic carbocycles. The second-order valence-electron chi connectivity index (χ2n) is 10.5. The van der Waals surface area contributed by atoms with Gasteiger partial charge in [-0.05, 0) is 61.1 Å². The first-order chi connectivity index (χ1) is 16.6. The zero-order chi connectivity index (χ0) is 25.0. The molecule has 0 radical (unpaired) electrons. The maximum absolute atomic E-state index is 15.5. The summed E-state index contributed by atoms with van der Waals surface area (Å²) in [4.78, 5) is 10.4. The minimum absolute atomic E-state index is 0.0479. The molecule has 2 aromatic heterocycles. The Bertz CT molecular complexity index is 1260. The van der Waals surface area contributed by atoms with E-state index in [2.05, 4.69) is 34.0 Å². The number of nitrogens with zero attached hydrogens (tertiary/aromatic N) is 5. The summed E-state index contributed by atoms with van der Waals surface area (Å²) in [6, 6.07) is 6.07. The van der Waals surface area contributed by atoms with E-state index in [0.29, 0.717) is 27.5 Å². The van der Waals surface area contributed by atoms with Gasteiger partial charge in [0.25, 0.3) is 0 Å². The molecule has 5 rings (SSSR count). The van der Waals surface area contributed by atoms with E-state index in [1.807, 2.05) is 11.9 Å². The van der Waals surface area contributed by atoms with Crippen molar-refractivity contribution in [2.24, 2.45) is 10.8 Å². The molecule has 4 atom stereocenters. The smallest absolute Gasteiger partial charge is 0.185 e. The number of hydrogen-bond acceptors (Lipinski definition) is 7. The molecule has 0 saturated heterocycles. The van der Waals surface area contributed by atoms with Crippen molar-refractivity contribution in [3.05, 3.63) is 42.5 Å². The highest BCUT2D eigenvalue weighted by molar-refractivity contribution is 7.98. The lowest BCUT2D eigenvalue weighted by Gasteiger charge is -2.46. The lowest BCUT2D eigenvalue weighted by atomic mass is 9.67. The predicted octanol–water partition coefficient (Wildman–Crippen LogP) is 5.91. The summed E-state index contributed by atoms with van der Waals surface area (Å²) in [7, 11) is 1.85. The highest BCUT2D eigenvalue weighted by atomic mass is 32.2. The summed E-state index contributed by atoms with van der Waals surface area (Å²) in [5.74, 6) is 0.303. The third-order valence-corrected chi connectivity index (χ3v) is 8.50. The average molecular weight is 498 g/mol. The van der Waals surface area contributed by atoms with Crippen LogP contribution in [0.2, 0.25) is 0 Å². The molecule has 0 amide bonds. The zero-order valence-corrected chi connectivity index (χ0v) is 21.1. The van der Waals surface area contributed by atoms with Crippen LogP contribution >= 0.6 is 11.8 Å². The molecule has 2 fully saturated rings. The maximum atomic E-state index is 15.5. The Balaban J connectivity index is 1.36. The van der Waals surface area contributed by atoms with Crippen molar-refractivity contribution in [3.8, 4) is 28.3 Å². The van der Waals surface area contributed by atoms with E-state index < -0.39 is 12.0 Å². The third-order valence-electron chi connectivity index (χ3n) is 7.82. The van der Waals surface area contributed by atoms with Crippen molar-refractivity contribution in [2.75, 3.05) is 18.2 Å². The Morgan fingerprint density at radius 1 is 1.09 bits per heavy atom. The van der Waals surface area contributed by atoms with Gasteiger partial charge >= 0.3 is 0 Å². The van der Waals surface area contributed by atoms with Crippen molar-refractivity contribution in [2.45, 2.75) is 56.8 Å². The number of hydrogen-bond donors (Lipinski definition) is 1. The second-order valence-corrected chi connectivity index (χ2v) is 11.3. The van der Waals surface area contributed by atoms with Crippen LogP contribution in [0.25, 0.3) is 22.5 Å². The normalized spacial score (nSPS) is 27.7. The highest BCUT2D eigenvalue weighted by Gasteiger charge is 2.56. The van der Waals surface area contributed by atoms with Gasteiger partial charge in [-0.25, -0.2) is 18.7 Å². The molecule has 35 heavy (non-hydrogen) atoms. The van der Waals surface area contributed by atoms with E-state index in [1.54, 1.807) is 30.8 Å². The van der Waals surface area contributed by atoms with Gasteiger partial charge in [0.15, 0.2) is 17.5 Å². The number of pyridine rings is 1. The van der Waals surface area contributed by atoms with E-state index in [0.717, 1.165) is 25.7 Å². The fourth-order valence-corrected chi connectivity index (χ4v) is 6.32. The minimum atomic E-state index is -0.939. The lowest BCUT2D eigenvalue weighted by molar-refractivity contribution is 0.0380. The van der Waals surface area contributed by atoms with Crippen LogP contribution in [-0.4, -0.2) is 50.8 Å². The highest BCUT2D eigenvalue weighted by Crippen LogP contribution is 2.59. The Hall–Kier alpha value is -2.81. The van der Waals surface area contributed by atoms with Crippen LogP contribution in [-0.2, 0) is 0 Å². The molecule has 3 aromatic rings. The number of benzene rings is 1. The van der Waals surface area contributed by atoms with Crippen LogP contribution in [0.5, 0.6) is 5.75 Å². The number of phenols is 1. The average Bonchev–Trinajstić information content (AvgIpc) is 3.12. The molecule has 0 unspecified atom stereocenters. The lowest BCUT2D eigenvalue weighted by Crippen LogP contribution is -2.52. The van der Waals surface area contributed by atoms with Crippen LogP contribution < -0.4 is 4.90 Å². The fourth-order valence-electron chi connectivity index (χ4n) is 5.91. The first kappa shape index (κ1) is 23.9. The van der Waals surface area contributed by atoms with Gasteiger partial charge in [0.2, 0.25) is 0 Å². The summed E-state index contributed by atoms with van der Waals surface area (Å²) >= 11 is 1.23. The SMILES string of the molecule is CSc1ncc(-c2ccc(-c3ncc(N(C)[C@H]4C[C@]5(C)CC[C@@](C)(C5)[C@H]4F)nn3)c(O)c2)cc1F. The maximum Gasteiger partial charge on any atom is 0.185 e. The third kappa shape index (κ3) is 4.24. The number of anilines is 1. The Kier molecular flexibility index (Phi) is 5.94. The van der Waals surface area contributed by atoms with Gasteiger partial charge < -0.3 is 10.0 Å². The Morgan fingerprint density at radius 3 is 2.54 bits per heavy atom. The van der Waals surface area contributed by atoms with Crippen LogP contribution in [0.3, 0.4) is 0 Å². The van der Waals surface area contributed by atoms with Gasteiger partial charge in [-0.1, -0.05) is 19.9 Å². The monoisotopic (exact) mass is 497 g/mol. The molecule has 9 heteroatoms. The molecule has 2 saturated carbocycles. The summed E-state index contributed by atoms with van der Waals surface area (Å²) in [6.45, 7) is 4.32. The standard InChI is InChI=1S/C26H29F2N5OS/c1-25-7-8-26(2,14-25)22(28)19(11-25)33(3)21-13-29-23(32-31-21)17-6-5-15(10-20(17)34)16-9-18(27)24(35-4)30-12-16/h5-6,9-10,12-13,19,22,34H,7-8,11,14H2,1-4H3/t19-,22-,25-,26-/m0/s1. The van der Waals surface area contributed by atoms with E-state index in [4.69, 9.17) is 0 Å². The van der Waals surface area contributed by atoms with E-state index in [1.165, 1.54) is 23.9 Å². The molecule has 2 aliphatic carbocycles. The van der Waals surface area contributed by atoms with Gasteiger partial charge in [0.05, 0.1) is 17.8 Å². The second kappa shape index (κ2) is 8.69. The van der Waals surface area contributed by atoms with Crippen molar-refractivity contribution >= 4 is 17.6 Å². The number of aromatic nitrogens is 4. The molecule has 2 heterocycles. The summed E-state index contributed by atoms with van der Waals surface area (Å²) in [5, 5.41) is 19.5. The zero-order valence-electron chi connectivity index (χ0n) is 20.3. The van der Waals surface area contributed by atoms with E-state index >= 15 is 4.39 Å². The predicted molar refractivity (Wildman–Crippen MR) is 134 cm³/mol. The van der Waals surface area contributed by atoms with Crippen molar-refractivity contribution in [1.29, 1.82) is 0 Å². The van der Waals surface area contributed by atoms with E-state index in [-0.39, 0.29) is 28.4 Å². The van der Waals surface area contributed by atoms with Gasteiger partial charge in [0.1, 0.15) is 16.9 Å². The number of rotatable bonds is 5. The molecule has 184 valence electrons. The molecule has 0 spiro atoms. The topological polar surface area (TPSA) is 75.0 Å². The first-order valence-corrected chi connectivity index (χ1v) is 12.9. The fraction of sp³-hybridized carbons (Fsp3) is 0.462. The van der Waals surface area contributed by atoms with Crippen molar-refractivity contribution in [3.63, 3.8) is 0 Å². The Morgan fingerprint density at radius 2 is 1.89 bits per heavy atom. The number of thioether (sulfide) groups is 1. The molecule has 0 aliphatic heterocycles. The first-order valence-electron chi connectivity index (χ1n) is 11.7. The Labute approximate surface area is 208 Å². The summed E-state index contributed by atoms with van der Waals surface area (Å²) in [6.07, 6.45) is 7.64. The molecule has 1 N–H and O–H groups in total. The largest absolute Gasteiger partial charge is 0.507 e. The number of aromatic hydroxyl groups is 1. The number of alkyl halides is 1. The van der Waals surface area contributed by atoms with E-state index in [9.17, 15) is 9.50 Å². The number of halogens is 2. The summed E-state index contributed by atoms with van der Waals surface area (Å²) in [5.41, 5.74) is 1.44. The molecular weight excluding hydrogens is 468 g/mol. The van der Waals surface area contributed by atoms with Gasteiger partial charge in [-0.15, -0.1) is 22.0 Å². The van der Waals surface area contributed by atoms with Crippen LogP contribution in [0.1, 0.15) is 39.5 Å². The van der Waals surface area contributed by atoms with Crippen LogP contribution in [0, 0.1) is 16.6 Å². The van der Waals surface area contributed by atoms with Gasteiger partial charge in [-0.2, -0.15) is 0 Å². The van der Waals surface area contributed by atoms with Crippen molar-refractivity contribution in [1.82, 2.24) is 20.2 Å². The van der Waals surface area contributed by atoms with Gasteiger partial charge in [-0.3, -0.25) is 0 Å². The van der Waals surface area contributed by atoms with Crippen LogP contribution in [0.15, 0.2) is 41.7 Å². The minimum Gasteiger partial charge on any atom is -0.507 e. The molecular formula is C26H29F2N5OS. The number of fused-ring (bicyclic) bond motifs is 2. The van der Waals surface area contributed by atoms with Crippen molar-refractivity contribution < 1.29 is 13.9 Å². The molecule has 6 nitrogen and oxygen atoms in total.